The van der Waals surface area contributed by atoms with Crippen LogP contribution in [-0.4, -0.2) is 16.7 Å². The lowest BCUT2D eigenvalue weighted by Crippen LogP contribution is -2.41. The van der Waals surface area contributed by atoms with Gasteiger partial charge in [-0.3, -0.25) is 9.59 Å². The number of halogens is 2. The summed E-state index contributed by atoms with van der Waals surface area (Å²) in [4.78, 5) is 28.8. The fraction of sp³-hybridized carbons (Fsp3) is 0.0833. The van der Waals surface area contributed by atoms with E-state index >= 15 is 0 Å². The van der Waals surface area contributed by atoms with Crippen molar-refractivity contribution in [1.82, 2.24) is 4.90 Å². The molecule has 162 valence electrons. The lowest BCUT2D eigenvalue weighted by Gasteiger charge is -2.30. The highest BCUT2D eigenvalue weighted by molar-refractivity contribution is 7.09. The number of carbonyl (C=O) groups excluding carboxylic acids is 2. The third-order valence-corrected chi connectivity index (χ3v) is 5.63. The van der Waals surface area contributed by atoms with Crippen LogP contribution in [0.5, 0.6) is 0 Å². The fourth-order valence-electron chi connectivity index (χ4n) is 3.28. The molecule has 0 saturated carbocycles. The monoisotopic (exact) mass is 452 g/mol. The van der Waals surface area contributed by atoms with Crippen molar-refractivity contribution in [2.45, 2.75) is 12.6 Å². The lowest BCUT2D eigenvalue weighted by molar-refractivity contribution is -0.121. The summed E-state index contributed by atoms with van der Waals surface area (Å²) >= 11 is 1.41. The molecule has 1 N–H and O–H groups in total. The first-order chi connectivity index (χ1) is 15.5. The number of amides is 2. The SMILES string of the molecule is O=C(Nc1ccc(F)cc1)C(c1ccccc1F)N(Cc1cccs1)C(=O)c1ccco1. The van der Waals surface area contributed by atoms with Gasteiger partial charge in [-0.05, 0) is 53.9 Å². The van der Waals surface area contributed by atoms with E-state index in [9.17, 15) is 18.4 Å². The molecule has 2 aromatic heterocycles. The minimum absolute atomic E-state index is 0.0254. The molecule has 1 atom stereocenters. The second kappa shape index (κ2) is 9.57. The Balaban J connectivity index is 1.77. The van der Waals surface area contributed by atoms with Gasteiger partial charge in [-0.1, -0.05) is 24.3 Å². The molecule has 0 saturated heterocycles. The van der Waals surface area contributed by atoms with Crippen molar-refractivity contribution in [2.24, 2.45) is 0 Å². The molecule has 0 radical (unpaired) electrons. The molecule has 1 unspecified atom stereocenters. The Morgan fingerprint density at radius 3 is 2.41 bits per heavy atom. The average Bonchev–Trinajstić information content (AvgIpc) is 3.50. The lowest BCUT2D eigenvalue weighted by atomic mass is 10.0. The predicted molar refractivity (Wildman–Crippen MR) is 117 cm³/mol. The van der Waals surface area contributed by atoms with Crippen LogP contribution in [0.2, 0.25) is 0 Å². The second-order valence-corrected chi connectivity index (χ2v) is 7.94. The zero-order valence-corrected chi connectivity index (χ0v) is 17.5. The van der Waals surface area contributed by atoms with E-state index in [1.54, 1.807) is 12.1 Å². The molecule has 4 aromatic rings. The molecule has 0 aliphatic carbocycles. The van der Waals surface area contributed by atoms with Crippen LogP contribution < -0.4 is 5.32 Å². The largest absolute Gasteiger partial charge is 0.459 e. The van der Waals surface area contributed by atoms with Gasteiger partial charge in [-0.2, -0.15) is 0 Å². The second-order valence-electron chi connectivity index (χ2n) is 6.91. The molecule has 2 amide bonds. The van der Waals surface area contributed by atoms with Crippen molar-refractivity contribution in [3.63, 3.8) is 0 Å². The van der Waals surface area contributed by atoms with Crippen molar-refractivity contribution >= 4 is 28.8 Å². The smallest absolute Gasteiger partial charge is 0.290 e. The van der Waals surface area contributed by atoms with E-state index in [1.165, 1.54) is 71.0 Å². The summed E-state index contributed by atoms with van der Waals surface area (Å²) in [7, 11) is 0. The minimum Gasteiger partial charge on any atom is -0.459 e. The Morgan fingerprint density at radius 1 is 0.969 bits per heavy atom. The highest BCUT2D eigenvalue weighted by Crippen LogP contribution is 2.30. The standard InChI is InChI=1S/C24H18F2N2O3S/c25-16-9-11-17(12-10-16)27-23(29)22(19-6-1-2-7-20(19)26)28(15-18-5-4-14-32-18)24(30)21-8-3-13-31-21/h1-14,22H,15H2,(H,27,29). The van der Waals surface area contributed by atoms with Crippen LogP contribution >= 0.6 is 11.3 Å². The summed E-state index contributed by atoms with van der Waals surface area (Å²) in [5.74, 6) is -2.27. The van der Waals surface area contributed by atoms with Crippen LogP contribution in [0.15, 0.2) is 88.9 Å². The normalized spacial score (nSPS) is 11.7. The van der Waals surface area contributed by atoms with Gasteiger partial charge in [0.2, 0.25) is 0 Å². The summed E-state index contributed by atoms with van der Waals surface area (Å²) in [6.07, 6.45) is 1.35. The summed E-state index contributed by atoms with van der Waals surface area (Å²) in [6, 6.07) is 16.4. The maximum Gasteiger partial charge on any atom is 0.290 e. The zero-order valence-electron chi connectivity index (χ0n) is 16.7. The summed E-state index contributed by atoms with van der Waals surface area (Å²) < 4.78 is 33.4. The predicted octanol–water partition coefficient (Wildman–Crippen LogP) is 5.64. The molecule has 0 aliphatic heterocycles. The van der Waals surface area contributed by atoms with Gasteiger partial charge in [0.1, 0.15) is 17.7 Å². The molecule has 2 aromatic carbocycles. The number of furan rings is 1. The van der Waals surface area contributed by atoms with Crippen molar-refractivity contribution in [1.29, 1.82) is 0 Å². The number of nitrogens with zero attached hydrogens (tertiary/aromatic N) is 1. The van der Waals surface area contributed by atoms with Gasteiger partial charge < -0.3 is 14.6 Å². The Labute approximate surface area is 186 Å². The molecule has 32 heavy (non-hydrogen) atoms. The number of benzene rings is 2. The van der Waals surface area contributed by atoms with Crippen molar-refractivity contribution in [3.8, 4) is 0 Å². The van der Waals surface area contributed by atoms with E-state index in [4.69, 9.17) is 4.42 Å². The van der Waals surface area contributed by atoms with E-state index in [2.05, 4.69) is 5.32 Å². The molecule has 0 spiro atoms. The van der Waals surface area contributed by atoms with Crippen molar-refractivity contribution < 1.29 is 22.8 Å². The van der Waals surface area contributed by atoms with Crippen LogP contribution in [-0.2, 0) is 11.3 Å². The first-order valence-corrected chi connectivity index (χ1v) is 10.6. The highest BCUT2D eigenvalue weighted by Gasteiger charge is 2.35. The van der Waals surface area contributed by atoms with Gasteiger partial charge in [-0.15, -0.1) is 11.3 Å². The molecule has 2 heterocycles. The quantitative estimate of drug-likeness (QED) is 0.395. The van der Waals surface area contributed by atoms with Gasteiger partial charge in [0.25, 0.3) is 11.8 Å². The van der Waals surface area contributed by atoms with Gasteiger partial charge >= 0.3 is 0 Å². The van der Waals surface area contributed by atoms with Crippen LogP contribution in [0.1, 0.15) is 27.0 Å². The number of hydrogen-bond acceptors (Lipinski definition) is 4. The molecule has 0 fully saturated rings. The van der Waals surface area contributed by atoms with Gasteiger partial charge in [0.15, 0.2) is 5.76 Å². The van der Waals surface area contributed by atoms with Crippen molar-refractivity contribution in [3.05, 3.63) is 112 Å². The van der Waals surface area contributed by atoms with Crippen molar-refractivity contribution in [2.75, 3.05) is 5.32 Å². The topological polar surface area (TPSA) is 62.6 Å². The Kier molecular flexibility index (Phi) is 6.42. The molecule has 5 nitrogen and oxygen atoms in total. The number of rotatable bonds is 7. The summed E-state index contributed by atoms with van der Waals surface area (Å²) in [5, 5.41) is 4.51. The van der Waals surface area contributed by atoms with Gasteiger partial charge in [0, 0.05) is 16.1 Å². The maximum absolute atomic E-state index is 14.8. The first kappa shape index (κ1) is 21.5. The molecular weight excluding hydrogens is 434 g/mol. The van der Waals surface area contributed by atoms with Crippen LogP contribution in [0, 0.1) is 11.6 Å². The number of thiophene rings is 1. The third kappa shape index (κ3) is 4.76. The maximum atomic E-state index is 14.8. The van der Waals surface area contributed by atoms with E-state index in [1.807, 2.05) is 17.5 Å². The first-order valence-electron chi connectivity index (χ1n) is 9.70. The fourth-order valence-corrected chi connectivity index (χ4v) is 3.99. The van der Waals surface area contributed by atoms with E-state index in [0.29, 0.717) is 5.69 Å². The zero-order chi connectivity index (χ0) is 22.5. The third-order valence-electron chi connectivity index (χ3n) is 4.77. The Morgan fingerprint density at radius 2 is 1.75 bits per heavy atom. The van der Waals surface area contributed by atoms with Gasteiger partial charge in [-0.25, -0.2) is 8.78 Å². The minimum atomic E-state index is -1.30. The molecule has 4 rings (SSSR count). The van der Waals surface area contributed by atoms with E-state index in [0.717, 1.165) is 4.88 Å². The number of anilines is 1. The van der Waals surface area contributed by atoms with Gasteiger partial charge in [0.05, 0.1) is 12.8 Å². The van der Waals surface area contributed by atoms with E-state index in [-0.39, 0.29) is 17.9 Å². The van der Waals surface area contributed by atoms with Crippen LogP contribution in [0.4, 0.5) is 14.5 Å². The van der Waals surface area contributed by atoms with Crippen LogP contribution in [0.3, 0.4) is 0 Å². The molecule has 0 aliphatic rings. The Hall–Kier alpha value is -3.78. The number of carbonyl (C=O) groups is 2. The average molecular weight is 452 g/mol. The van der Waals surface area contributed by atoms with Crippen LogP contribution in [0.25, 0.3) is 0 Å². The highest BCUT2D eigenvalue weighted by atomic mass is 32.1. The molecule has 8 heteroatoms. The Bertz CT molecular complexity index is 1190. The van der Waals surface area contributed by atoms with E-state index < -0.39 is 29.5 Å². The molecule has 0 bridgehead atoms. The summed E-state index contributed by atoms with van der Waals surface area (Å²) in [6.45, 7) is 0.0625. The number of hydrogen-bond donors (Lipinski definition) is 1. The summed E-state index contributed by atoms with van der Waals surface area (Å²) in [5.41, 5.74) is 0.350. The number of nitrogens with one attached hydrogen (secondary N) is 1. The molecular formula is C24H18F2N2O3S.